The Balaban J connectivity index is 1.92. The molecule has 0 bridgehead atoms. The fourth-order valence-electron chi connectivity index (χ4n) is 2.07. The lowest BCUT2D eigenvalue weighted by molar-refractivity contribution is 0.147. The number of ether oxygens (including phenoxy) is 1. The Labute approximate surface area is 107 Å². The molecule has 0 atom stereocenters. The van der Waals surface area contributed by atoms with E-state index in [0.29, 0.717) is 5.28 Å². The average molecular weight is 256 g/mol. The number of aromatic nitrogens is 2. The van der Waals surface area contributed by atoms with Crippen molar-refractivity contribution in [3.63, 3.8) is 0 Å². The minimum Gasteiger partial charge on any atom is -0.382 e. The van der Waals surface area contributed by atoms with E-state index in [1.807, 2.05) is 6.92 Å². The van der Waals surface area contributed by atoms with Crippen LogP contribution in [0.5, 0.6) is 0 Å². The predicted molar refractivity (Wildman–Crippen MR) is 68.7 cm³/mol. The molecule has 0 radical (unpaired) electrons. The first-order valence-corrected chi connectivity index (χ1v) is 6.56. The summed E-state index contributed by atoms with van der Waals surface area (Å²) in [7, 11) is 0. The van der Waals surface area contributed by atoms with Gasteiger partial charge in [0.05, 0.1) is 5.69 Å². The number of hydrogen-bond donors (Lipinski definition) is 1. The molecule has 0 saturated heterocycles. The summed E-state index contributed by atoms with van der Waals surface area (Å²) in [5.41, 5.74) is 2.35. The highest BCUT2D eigenvalue weighted by molar-refractivity contribution is 6.28. The van der Waals surface area contributed by atoms with Gasteiger partial charge in [-0.3, -0.25) is 0 Å². The van der Waals surface area contributed by atoms with E-state index in [-0.39, 0.29) is 0 Å². The highest BCUT2D eigenvalue weighted by Crippen LogP contribution is 2.27. The molecule has 4 nitrogen and oxygen atoms in total. The maximum absolute atomic E-state index is 5.90. The van der Waals surface area contributed by atoms with Crippen molar-refractivity contribution in [3.8, 4) is 0 Å². The van der Waals surface area contributed by atoms with Crippen LogP contribution < -0.4 is 5.32 Å². The fourth-order valence-corrected chi connectivity index (χ4v) is 2.26. The van der Waals surface area contributed by atoms with Crippen LogP contribution in [0.4, 0.5) is 5.82 Å². The summed E-state index contributed by atoms with van der Waals surface area (Å²) >= 11 is 5.90. The summed E-state index contributed by atoms with van der Waals surface area (Å²) in [6.07, 6.45) is 4.20. The molecule has 0 aliphatic heterocycles. The minimum atomic E-state index is 0.345. The van der Waals surface area contributed by atoms with Crippen LogP contribution in [0.1, 0.15) is 31.0 Å². The van der Waals surface area contributed by atoms with Gasteiger partial charge in [-0.25, -0.2) is 9.97 Å². The second-order valence-electron chi connectivity index (χ2n) is 4.10. The number of nitrogens with zero attached hydrogens (tertiary/aromatic N) is 2. The molecule has 0 amide bonds. The maximum Gasteiger partial charge on any atom is 0.224 e. The first-order valence-electron chi connectivity index (χ1n) is 6.18. The van der Waals surface area contributed by atoms with Crippen LogP contribution in [0, 0.1) is 0 Å². The number of fused-ring (bicyclic) bond motifs is 1. The summed E-state index contributed by atoms with van der Waals surface area (Å²) in [6, 6.07) is 0. The van der Waals surface area contributed by atoms with Gasteiger partial charge in [0.1, 0.15) is 5.82 Å². The Morgan fingerprint density at radius 1 is 1.35 bits per heavy atom. The quantitative estimate of drug-likeness (QED) is 0.627. The van der Waals surface area contributed by atoms with Crippen molar-refractivity contribution < 1.29 is 4.74 Å². The molecule has 1 heterocycles. The summed E-state index contributed by atoms with van der Waals surface area (Å²) in [4.78, 5) is 8.53. The number of anilines is 1. The van der Waals surface area contributed by atoms with Crippen molar-refractivity contribution in [3.05, 3.63) is 16.5 Å². The van der Waals surface area contributed by atoms with E-state index in [1.54, 1.807) is 0 Å². The molecule has 1 N–H and O–H groups in total. The number of hydrogen-bond acceptors (Lipinski definition) is 4. The van der Waals surface area contributed by atoms with E-state index in [4.69, 9.17) is 16.3 Å². The Morgan fingerprint density at radius 2 is 2.24 bits per heavy atom. The van der Waals surface area contributed by atoms with E-state index in [2.05, 4.69) is 15.3 Å². The molecular weight excluding hydrogens is 238 g/mol. The van der Waals surface area contributed by atoms with Gasteiger partial charge >= 0.3 is 0 Å². The van der Waals surface area contributed by atoms with Crippen LogP contribution in [0.2, 0.25) is 5.28 Å². The zero-order chi connectivity index (χ0) is 12.1. The monoisotopic (exact) mass is 255 g/mol. The van der Waals surface area contributed by atoms with Crippen molar-refractivity contribution >= 4 is 17.4 Å². The maximum atomic E-state index is 5.90. The van der Waals surface area contributed by atoms with Crippen molar-refractivity contribution in [1.29, 1.82) is 0 Å². The van der Waals surface area contributed by atoms with Gasteiger partial charge in [-0.1, -0.05) is 0 Å². The molecule has 1 aromatic rings. The minimum absolute atomic E-state index is 0.345. The summed E-state index contributed by atoms with van der Waals surface area (Å²) < 4.78 is 5.29. The molecule has 0 saturated carbocycles. The molecular formula is C12H18ClN3O. The molecule has 0 unspecified atom stereocenters. The third-order valence-corrected chi connectivity index (χ3v) is 3.04. The molecule has 1 aliphatic rings. The summed E-state index contributed by atoms with van der Waals surface area (Å²) in [5.74, 6) is 0.911. The Bertz CT molecular complexity index is 384. The lowest BCUT2D eigenvalue weighted by Crippen LogP contribution is -2.10. The molecule has 1 aliphatic carbocycles. The SMILES string of the molecule is CCOCCCNc1nc(Cl)nc2c1CCC2. The van der Waals surface area contributed by atoms with Gasteiger partial charge < -0.3 is 10.1 Å². The van der Waals surface area contributed by atoms with Crippen LogP contribution in [-0.2, 0) is 17.6 Å². The van der Waals surface area contributed by atoms with E-state index in [1.165, 1.54) is 5.56 Å². The second-order valence-corrected chi connectivity index (χ2v) is 4.44. The van der Waals surface area contributed by atoms with Crippen LogP contribution >= 0.6 is 11.6 Å². The van der Waals surface area contributed by atoms with Gasteiger partial charge in [0.2, 0.25) is 5.28 Å². The molecule has 2 rings (SSSR count). The summed E-state index contributed by atoms with van der Waals surface area (Å²) in [5, 5.41) is 3.67. The van der Waals surface area contributed by atoms with Gasteiger partial charge in [0.25, 0.3) is 0 Å². The molecule has 94 valence electrons. The van der Waals surface area contributed by atoms with Gasteiger partial charge in [-0.05, 0) is 44.2 Å². The van der Waals surface area contributed by atoms with Crippen LogP contribution in [0.15, 0.2) is 0 Å². The first kappa shape index (κ1) is 12.6. The van der Waals surface area contributed by atoms with Gasteiger partial charge in [0.15, 0.2) is 0 Å². The Morgan fingerprint density at radius 3 is 3.06 bits per heavy atom. The molecule has 17 heavy (non-hydrogen) atoms. The second kappa shape index (κ2) is 6.17. The molecule has 1 aromatic heterocycles. The van der Waals surface area contributed by atoms with Crippen molar-refractivity contribution in [2.24, 2.45) is 0 Å². The zero-order valence-electron chi connectivity index (χ0n) is 10.1. The normalized spacial score (nSPS) is 13.8. The molecule has 5 heteroatoms. The average Bonchev–Trinajstić information content (AvgIpc) is 2.76. The van der Waals surface area contributed by atoms with E-state index in [0.717, 1.165) is 57.0 Å². The van der Waals surface area contributed by atoms with Crippen molar-refractivity contribution in [2.75, 3.05) is 25.1 Å². The smallest absolute Gasteiger partial charge is 0.224 e. The molecule has 0 aromatic carbocycles. The van der Waals surface area contributed by atoms with Gasteiger partial charge in [-0.15, -0.1) is 0 Å². The lowest BCUT2D eigenvalue weighted by atomic mass is 10.2. The first-order chi connectivity index (χ1) is 8.31. The number of nitrogens with one attached hydrogen (secondary N) is 1. The number of aryl methyl sites for hydroxylation is 1. The third kappa shape index (κ3) is 3.30. The fraction of sp³-hybridized carbons (Fsp3) is 0.667. The van der Waals surface area contributed by atoms with Crippen LogP contribution in [0.25, 0.3) is 0 Å². The van der Waals surface area contributed by atoms with Crippen molar-refractivity contribution in [2.45, 2.75) is 32.6 Å². The number of rotatable bonds is 6. The number of halogens is 1. The lowest BCUT2D eigenvalue weighted by Gasteiger charge is -2.10. The van der Waals surface area contributed by atoms with Crippen molar-refractivity contribution in [1.82, 2.24) is 9.97 Å². The van der Waals surface area contributed by atoms with E-state index in [9.17, 15) is 0 Å². The predicted octanol–water partition coefficient (Wildman–Crippen LogP) is 2.46. The molecule has 0 spiro atoms. The largest absolute Gasteiger partial charge is 0.382 e. The third-order valence-electron chi connectivity index (χ3n) is 2.87. The van der Waals surface area contributed by atoms with E-state index < -0.39 is 0 Å². The van der Waals surface area contributed by atoms with E-state index >= 15 is 0 Å². The molecule has 0 fully saturated rings. The van der Waals surface area contributed by atoms with Gasteiger partial charge in [0, 0.05) is 25.3 Å². The van der Waals surface area contributed by atoms with Crippen LogP contribution in [0.3, 0.4) is 0 Å². The van der Waals surface area contributed by atoms with Crippen LogP contribution in [-0.4, -0.2) is 29.7 Å². The zero-order valence-corrected chi connectivity index (χ0v) is 10.9. The standard InChI is InChI=1S/C12H18ClN3O/c1-2-17-8-4-7-14-11-9-5-3-6-10(9)15-12(13)16-11/h2-8H2,1H3,(H,14,15,16). The Kier molecular flexibility index (Phi) is 4.57. The van der Waals surface area contributed by atoms with Gasteiger partial charge in [-0.2, -0.15) is 0 Å². The highest BCUT2D eigenvalue weighted by atomic mass is 35.5. The summed E-state index contributed by atoms with van der Waals surface area (Å²) in [6.45, 7) is 4.42. The topological polar surface area (TPSA) is 47.0 Å². The highest BCUT2D eigenvalue weighted by Gasteiger charge is 2.18. The Hall–Kier alpha value is -0.870.